The van der Waals surface area contributed by atoms with E-state index in [4.69, 9.17) is 0 Å². The number of amides is 1. The number of aromatic hydroxyl groups is 1. The maximum absolute atomic E-state index is 12.5. The molecule has 1 aliphatic rings. The predicted octanol–water partition coefficient (Wildman–Crippen LogP) is 4.03. The molecule has 132 valence electrons. The summed E-state index contributed by atoms with van der Waals surface area (Å²) in [7, 11) is 0. The molecule has 1 aromatic rings. The molecule has 2 N–H and O–H groups in total. The van der Waals surface area contributed by atoms with Crippen molar-refractivity contribution in [1.82, 2.24) is 5.32 Å². The minimum atomic E-state index is -0.690. The lowest BCUT2D eigenvalue weighted by atomic mass is 9.61. The summed E-state index contributed by atoms with van der Waals surface area (Å²) in [4.78, 5) is 22.7. The molecule has 2 unspecified atom stereocenters. The van der Waals surface area contributed by atoms with E-state index >= 15 is 0 Å². The highest BCUT2D eigenvalue weighted by molar-refractivity contribution is 5.98. The van der Waals surface area contributed by atoms with Crippen LogP contribution in [-0.4, -0.2) is 22.0 Å². The van der Waals surface area contributed by atoms with Gasteiger partial charge in [0.05, 0.1) is 10.5 Å². The Morgan fingerprint density at radius 2 is 2.04 bits per heavy atom. The molecule has 0 radical (unpaired) electrons. The first-order valence-electron chi connectivity index (χ1n) is 8.34. The van der Waals surface area contributed by atoms with Gasteiger partial charge in [0.15, 0.2) is 0 Å². The van der Waals surface area contributed by atoms with Crippen LogP contribution in [0.25, 0.3) is 0 Å². The number of carbonyl (C=O) groups is 1. The van der Waals surface area contributed by atoms with Gasteiger partial charge in [-0.15, -0.1) is 0 Å². The molecule has 0 aliphatic heterocycles. The fraction of sp³-hybridized carbons (Fsp3) is 0.611. The third kappa shape index (κ3) is 3.86. The van der Waals surface area contributed by atoms with Crippen LogP contribution in [-0.2, 0) is 0 Å². The molecule has 2 rings (SSSR count). The summed E-state index contributed by atoms with van der Waals surface area (Å²) < 4.78 is 0. The van der Waals surface area contributed by atoms with Gasteiger partial charge in [0, 0.05) is 12.1 Å². The van der Waals surface area contributed by atoms with Crippen LogP contribution in [0, 0.1) is 20.9 Å². The Balaban J connectivity index is 2.20. The van der Waals surface area contributed by atoms with Crippen molar-refractivity contribution in [3.8, 4) is 5.75 Å². The molecular formula is C18H26N2O4. The largest absolute Gasteiger partial charge is 0.502 e. The highest BCUT2D eigenvalue weighted by Gasteiger charge is 2.40. The first-order chi connectivity index (χ1) is 11.1. The maximum Gasteiger partial charge on any atom is 0.311 e. The molecule has 6 heteroatoms. The lowest BCUT2D eigenvalue weighted by molar-refractivity contribution is -0.385. The van der Waals surface area contributed by atoms with Crippen molar-refractivity contribution in [2.45, 2.75) is 59.4 Å². The fourth-order valence-electron chi connectivity index (χ4n) is 4.13. The summed E-state index contributed by atoms with van der Waals surface area (Å²) >= 11 is 0. The summed E-state index contributed by atoms with van der Waals surface area (Å²) in [6, 6.07) is 3.99. The van der Waals surface area contributed by atoms with Crippen LogP contribution >= 0.6 is 0 Å². The number of nitrogens with one attached hydrogen (secondary N) is 1. The molecule has 2 atom stereocenters. The number of hydrogen-bond acceptors (Lipinski definition) is 4. The number of para-hydroxylation sites is 1. The maximum atomic E-state index is 12.5. The monoisotopic (exact) mass is 334 g/mol. The Hall–Kier alpha value is -2.11. The van der Waals surface area contributed by atoms with Crippen molar-refractivity contribution < 1.29 is 14.8 Å². The van der Waals surface area contributed by atoms with Crippen molar-refractivity contribution in [2.24, 2.45) is 10.8 Å². The molecule has 1 saturated carbocycles. The zero-order valence-corrected chi connectivity index (χ0v) is 14.8. The summed E-state index contributed by atoms with van der Waals surface area (Å²) in [6.45, 7) is 8.79. The van der Waals surface area contributed by atoms with Gasteiger partial charge in [-0.05, 0) is 36.2 Å². The second kappa shape index (κ2) is 6.42. The molecule has 0 saturated heterocycles. The number of hydrogen-bond donors (Lipinski definition) is 2. The number of nitro groups is 1. The van der Waals surface area contributed by atoms with E-state index in [0.717, 1.165) is 25.7 Å². The highest BCUT2D eigenvalue weighted by Crippen LogP contribution is 2.47. The lowest BCUT2D eigenvalue weighted by Gasteiger charge is -2.46. The zero-order valence-electron chi connectivity index (χ0n) is 14.8. The average Bonchev–Trinajstić information content (AvgIpc) is 2.44. The second-order valence-electron chi connectivity index (χ2n) is 8.01. The van der Waals surface area contributed by atoms with E-state index in [-0.39, 0.29) is 22.4 Å². The third-order valence-electron chi connectivity index (χ3n) is 5.09. The third-order valence-corrected chi connectivity index (χ3v) is 5.09. The number of rotatable bonds is 4. The van der Waals surface area contributed by atoms with Crippen molar-refractivity contribution in [1.29, 1.82) is 0 Å². The van der Waals surface area contributed by atoms with Gasteiger partial charge in [-0.3, -0.25) is 14.9 Å². The van der Waals surface area contributed by atoms with Gasteiger partial charge in [0.2, 0.25) is 5.75 Å². The molecule has 1 aromatic carbocycles. The number of nitrogens with zero attached hydrogens (tertiary/aromatic N) is 1. The van der Waals surface area contributed by atoms with Gasteiger partial charge in [-0.25, -0.2) is 0 Å². The molecule has 0 heterocycles. The molecule has 24 heavy (non-hydrogen) atoms. The Labute approximate surface area is 142 Å². The van der Waals surface area contributed by atoms with E-state index < -0.39 is 22.3 Å². The van der Waals surface area contributed by atoms with Gasteiger partial charge < -0.3 is 10.4 Å². The van der Waals surface area contributed by atoms with E-state index in [0.29, 0.717) is 0 Å². The van der Waals surface area contributed by atoms with Gasteiger partial charge in [-0.1, -0.05) is 40.2 Å². The van der Waals surface area contributed by atoms with E-state index in [1.165, 1.54) is 18.2 Å². The molecule has 1 aliphatic carbocycles. The number of nitro benzene ring substituents is 1. The van der Waals surface area contributed by atoms with Crippen molar-refractivity contribution in [3.63, 3.8) is 0 Å². The number of benzene rings is 1. The number of carbonyl (C=O) groups excluding carboxylic acids is 1. The predicted molar refractivity (Wildman–Crippen MR) is 92.0 cm³/mol. The lowest BCUT2D eigenvalue weighted by Crippen LogP contribution is -2.46. The van der Waals surface area contributed by atoms with Gasteiger partial charge in [0.25, 0.3) is 5.91 Å². The molecule has 1 fully saturated rings. The Bertz CT molecular complexity index is 656. The highest BCUT2D eigenvalue weighted by atomic mass is 16.6. The minimum Gasteiger partial charge on any atom is -0.502 e. The molecule has 0 aromatic heterocycles. The Morgan fingerprint density at radius 3 is 2.62 bits per heavy atom. The molecular weight excluding hydrogens is 308 g/mol. The fourth-order valence-corrected chi connectivity index (χ4v) is 4.13. The first-order valence-corrected chi connectivity index (χ1v) is 8.34. The van der Waals surface area contributed by atoms with E-state index in [2.05, 4.69) is 33.0 Å². The summed E-state index contributed by atoms with van der Waals surface area (Å²) in [6.07, 6.45) is 3.86. The standard InChI is InChI=1S/C18H26N2O4/c1-5-18(4)10-12(9-17(2,3)11-18)19-16(22)13-7-6-8-14(15(13)21)20(23)24/h6-8,12,21H,5,9-11H2,1-4H3,(H,19,22). The van der Waals surface area contributed by atoms with Crippen LogP contribution in [0.5, 0.6) is 5.75 Å². The van der Waals surface area contributed by atoms with Crippen LogP contribution in [0.1, 0.15) is 63.7 Å². The van der Waals surface area contributed by atoms with Gasteiger partial charge in [-0.2, -0.15) is 0 Å². The van der Waals surface area contributed by atoms with Gasteiger partial charge in [0.1, 0.15) is 0 Å². The van der Waals surface area contributed by atoms with Crippen LogP contribution < -0.4 is 5.32 Å². The summed E-state index contributed by atoms with van der Waals surface area (Å²) in [5.41, 5.74) is -0.230. The SMILES string of the molecule is CCC1(C)CC(NC(=O)c2cccc([N+](=O)[O-])c2O)CC(C)(C)C1. The minimum absolute atomic E-state index is 0.00939. The number of phenolic OH excluding ortho intramolecular Hbond substituents is 1. The molecule has 1 amide bonds. The van der Waals surface area contributed by atoms with Crippen LogP contribution in [0.4, 0.5) is 5.69 Å². The van der Waals surface area contributed by atoms with Crippen molar-refractivity contribution in [2.75, 3.05) is 0 Å². The molecule has 0 bridgehead atoms. The zero-order chi connectivity index (χ0) is 18.1. The van der Waals surface area contributed by atoms with Crippen LogP contribution in [0.3, 0.4) is 0 Å². The quantitative estimate of drug-likeness (QED) is 0.642. The molecule has 6 nitrogen and oxygen atoms in total. The van der Waals surface area contributed by atoms with Crippen molar-refractivity contribution in [3.05, 3.63) is 33.9 Å². The van der Waals surface area contributed by atoms with E-state index in [1.54, 1.807) is 0 Å². The van der Waals surface area contributed by atoms with E-state index in [1.807, 2.05) is 0 Å². The van der Waals surface area contributed by atoms with E-state index in [9.17, 15) is 20.0 Å². The topological polar surface area (TPSA) is 92.5 Å². The van der Waals surface area contributed by atoms with Gasteiger partial charge >= 0.3 is 5.69 Å². The smallest absolute Gasteiger partial charge is 0.311 e. The van der Waals surface area contributed by atoms with Crippen LogP contribution in [0.2, 0.25) is 0 Å². The number of phenols is 1. The second-order valence-corrected chi connectivity index (χ2v) is 8.01. The first kappa shape index (κ1) is 18.2. The summed E-state index contributed by atoms with van der Waals surface area (Å²) in [5, 5.41) is 23.9. The normalized spacial score (nSPS) is 25.9. The van der Waals surface area contributed by atoms with Crippen molar-refractivity contribution >= 4 is 11.6 Å². The average molecular weight is 334 g/mol. The van der Waals surface area contributed by atoms with Crippen LogP contribution in [0.15, 0.2) is 18.2 Å². The Kier molecular flexibility index (Phi) is 4.87. The summed E-state index contributed by atoms with van der Waals surface area (Å²) in [5.74, 6) is -1.04. The molecule has 0 spiro atoms. The Morgan fingerprint density at radius 1 is 1.38 bits per heavy atom.